The van der Waals surface area contributed by atoms with Crippen molar-refractivity contribution in [2.45, 2.75) is 36.7 Å². The molecule has 1 heterocycles. The zero-order valence-corrected chi connectivity index (χ0v) is 11.6. The summed E-state index contributed by atoms with van der Waals surface area (Å²) in [4.78, 5) is 0.143. The van der Waals surface area contributed by atoms with Crippen molar-refractivity contribution in [1.29, 1.82) is 0 Å². The zero-order valence-electron chi connectivity index (χ0n) is 10.0. The molecule has 1 fully saturated rings. The average molecular weight is 289 g/mol. The van der Waals surface area contributed by atoms with Crippen molar-refractivity contribution >= 4 is 21.6 Å². The molecule has 0 spiro atoms. The Morgan fingerprint density at radius 3 is 2.67 bits per heavy atom. The van der Waals surface area contributed by atoms with Gasteiger partial charge in [-0.3, -0.25) is 0 Å². The number of sulfonamides is 1. The van der Waals surface area contributed by atoms with Crippen molar-refractivity contribution < 1.29 is 8.42 Å². The monoisotopic (exact) mass is 288 g/mol. The van der Waals surface area contributed by atoms with Gasteiger partial charge in [0, 0.05) is 6.54 Å². The minimum Gasteiger partial charge on any atom is -0.315 e. The van der Waals surface area contributed by atoms with Gasteiger partial charge >= 0.3 is 0 Å². The molecule has 1 aliphatic heterocycles. The van der Waals surface area contributed by atoms with E-state index in [1.165, 1.54) is 10.4 Å². The SMILES string of the molecule is NC1CCCCCN1S(=O)(=O)c1ccccc1Cl. The molecule has 6 heteroatoms. The van der Waals surface area contributed by atoms with Crippen molar-refractivity contribution in [3.05, 3.63) is 29.3 Å². The van der Waals surface area contributed by atoms with E-state index in [0.29, 0.717) is 13.0 Å². The van der Waals surface area contributed by atoms with Crippen LogP contribution in [0.5, 0.6) is 0 Å². The van der Waals surface area contributed by atoms with Crippen molar-refractivity contribution in [2.75, 3.05) is 6.54 Å². The summed E-state index contributed by atoms with van der Waals surface area (Å²) in [5.74, 6) is 0. The highest BCUT2D eigenvalue weighted by atomic mass is 35.5. The molecule has 0 saturated carbocycles. The Balaban J connectivity index is 2.38. The minimum absolute atomic E-state index is 0.143. The van der Waals surface area contributed by atoms with Gasteiger partial charge in [0.1, 0.15) is 4.90 Å². The molecule has 0 amide bonds. The van der Waals surface area contributed by atoms with Gasteiger partial charge in [-0.25, -0.2) is 8.42 Å². The Morgan fingerprint density at radius 2 is 1.94 bits per heavy atom. The Kier molecular flexibility index (Phi) is 4.27. The topological polar surface area (TPSA) is 63.4 Å². The second-order valence-electron chi connectivity index (χ2n) is 4.46. The Hall–Kier alpha value is -0.620. The summed E-state index contributed by atoms with van der Waals surface area (Å²) in [6, 6.07) is 6.48. The van der Waals surface area contributed by atoms with Crippen LogP contribution in [0, 0.1) is 0 Å². The summed E-state index contributed by atoms with van der Waals surface area (Å²) in [5.41, 5.74) is 5.96. The summed E-state index contributed by atoms with van der Waals surface area (Å²) in [5, 5.41) is 0.244. The molecule has 1 aromatic rings. The third-order valence-electron chi connectivity index (χ3n) is 3.17. The first-order valence-electron chi connectivity index (χ1n) is 6.05. The number of hydrogen-bond donors (Lipinski definition) is 1. The first kappa shape index (κ1) is 13.8. The van der Waals surface area contributed by atoms with Crippen molar-refractivity contribution in [3.63, 3.8) is 0 Å². The predicted molar refractivity (Wildman–Crippen MR) is 71.8 cm³/mol. The summed E-state index contributed by atoms with van der Waals surface area (Å²) in [6.07, 6.45) is 3.08. The van der Waals surface area contributed by atoms with Gasteiger partial charge in [0.15, 0.2) is 0 Å². The van der Waals surface area contributed by atoms with Crippen LogP contribution < -0.4 is 5.73 Å². The summed E-state index contributed by atoms with van der Waals surface area (Å²) in [6.45, 7) is 0.467. The lowest BCUT2D eigenvalue weighted by atomic mass is 10.2. The number of rotatable bonds is 2. The molecule has 1 saturated heterocycles. The third-order valence-corrected chi connectivity index (χ3v) is 5.60. The van der Waals surface area contributed by atoms with Gasteiger partial charge in [0.2, 0.25) is 10.0 Å². The first-order valence-corrected chi connectivity index (χ1v) is 7.87. The Morgan fingerprint density at radius 1 is 1.22 bits per heavy atom. The first-order chi connectivity index (χ1) is 8.53. The van der Waals surface area contributed by atoms with Gasteiger partial charge in [-0.15, -0.1) is 0 Å². The molecule has 1 unspecified atom stereocenters. The molecule has 1 aromatic carbocycles. The maximum atomic E-state index is 12.5. The van der Waals surface area contributed by atoms with Crippen LogP contribution in [-0.2, 0) is 10.0 Å². The molecule has 2 N–H and O–H groups in total. The van der Waals surface area contributed by atoms with Gasteiger partial charge < -0.3 is 5.73 Å². The molecule has 1 atom stereocenters. The van der Waals surface area contributed by atoms with Crippen LogP contribution in [0.3, 0.4) is 0 Å². The predicted octanol–water partition coefficient (Wildman–Crippen LogP) is 2.19. The smallest absolute Gasteiger partial charge is 0.245 e. The summed E-state index contributed by atoms with van der Waals surface area (Å²) < 4.78 is 26.4. The lowest BCUT2D eigenvalue weighted by Gasteiger charge is -2.26. The van der Waals surface area contributed by atoms with Crippen LogP contribution in [0.25, 0.3) is 0 Å². The summed E-state index contributed by atoms with van der Waals surface area (Å²) in [7, 11) is -3.59. The molecule has 1 aliphatic rings. The van der Waals surface area contributed by atoms with E-state index in [2.05, 4.69) is 0 Å². The van der Waals surface area contributed by atoms with Crippen LogP contribution in [0.2, 0.25) is 5.02 Å². The standard InChI is InChI=1S/C12H17ClN2O2S/c13-10-6-3-4-7-11(10)18(16,17)15-9-5-1-2-8-12(15)14/h3-4,6-7,12H,1-2,5,8-9,14H2. The molecule has 0 aromatic heterocycles. The van der Waals surface area contributed by atoms with E-state index in [0.717, 1.165) is 19.3 Å². The maximum absolute atomic E-state index is 12.5. The van der Waals surface area contributed by atoms with Gasteiger partial charge in [-0.1, -0.05) is 36.6 Å². The van der Waals surface area contributed by atoms with Gasteiger partial charge in [-0.2, -0.15) is 4.31 Å². The van der Waals surface area contributed by atoms with E-state index in [1.807, 2.05) is 0 Å². The third kappa shape index (κ3) is 2.69. The van der Waals surface area contributed by atoms with Crippen molar-refractivity contribution in [1.82, 2.24) is 4.31 Å². The second-order valence-corrected chi connectivity index (χ2v) is 6.73. The van der Waals surface area contributed by atoms with Crippen molar-refractivity contribution in [3.8, 4) is 0 Å². The molecule has 0 radical (unpaired) electrons. The number of nitrogens with two attached hydrogens (primary N) is 1. The molecule has 0 bridgehead atoms. The number of hydrogen-bond acceptors (Lipinski definition) is 3. The molecule has 18 heavy (non-hydrogen) atoms. The number of nitrogens with zero attached hydrogens (tertiary/aromatic N) is 1. The highest BCUT2D eigenvalue weighted by molar-refractivity contribution is 7.89. The van der Waals surface area contributed by atoms with Crippen LogP contribution >= 0.6 is 11.6 Å². The highest BCUT2D eigenvalue weighted by Gasteiger charge is 2.31. The molecule has 4 nitrogen and oxygen atoms in total. The van der Waals surface area contributed by atoms with Crippen LogP contribution in [0.4, 0.5) is 0 Å². The van der Waals surface area contributed by atoms with E-state index < -0.39 is 16.2 Å². The molecular weight excluding hydrogens is 272 g/mol. The van der Waals surface area contributed by atoms with E-state index >= 15 is 0 Å². The fraction of sp³-hybridized carbons (Fsp3) is 0.500. The average Bonchev–Trinajstić information content (AvgIpc) is 2.54. The fourth-order valence-electron chi connectivity index (χ4n) is 2.19. The molecule has 2 rings (SSSR count). The van der Waals surface area contributed by atoms with E-state index in [-0.39, 0.29) is 9.92 Å². The molecule has 0 aliphatic carbocycles. The number of benzene rings is 1. The largest absolute Gasteiger partial charge is 0.315 e. The second kappa shape index (κ2) is 5.57. The Bertz CT molecular complexity index is 519. The van der Waals surface area contributed by atoms with Gasteiger partial charge in [0.05, 0.1) is 11.2 Å². The van der Waals surface area contributed by atoms with Crippen LogP contribution in [-0.4, -0.2) is 25.4 Å². The normalized spacial score (nSPS) is 22.7. The Labute approximate surface area is 113 Å². The van der Waals surface area contributed by atoms with E-state index in [1.54, 1.807) is 18.2 Å². The lowest BCUT2D eigenvalue weighted by molar-refractivity contribution is 0.329. The minimum atomic E-state index is -3.59. The van der Waals surface area contributed by atoms with Crippen LogP contribution in [0.15, 0.2) is 29.2 Å². The van der Waals surface area contributed by atoms with E-state index in [9.17, 15) is 8.42 Å². The van der Waals surface area contributed by atoms with E-state index in [4.69, 9.17) is 17.3 Å². The van der Waals surface area contributed by atoms with Crippen LogP contribution in [0.1, 0.15) is 25.7 Å². The number of halogens is 1. The van der Waals surface area contributed by atoms with Crippen molar-refractivity contribution in [2.24, 2.45) is 5.73 Å². The molecule has 100 valence electrons. The maximum Gasteiger partial charge on any atom is 0.245 e. The lowest BCUT2D eigenvalue weighted by Crippen LogP contribution is -2.45. The van der Waals surface area contributed by atoms with Gasteiger partial charge in [0.25, 0.3) is 0 Å². The fourth-order valence-corrected chi connectivity index (χ4v) is 4.26. The zero-order chi connectivity index (χ0) is 13.2. The highest BCUT2D eigenvalue weighted by Crippen LogP contribution is 2.27. The molecular formula is C12H17ClN2O2S. The van der Waals surface area contributed by atoms with Gasteiger partial charge in [-0.05, 0) is 25.0 Å². The quantitative estimate of drug-likeness (QED) is 0.907. The summed E-state index contributed by atoms with van der Waals surface area (Å²) >= 11 is 5.97.